The molecule has 3 heterocycles. The lowest BCUT2D eigenvalue weighted by Crippen LogP contribution is -2.52. The lowest BCUT2D eigenvalue weighted by Gasteiger charge is -2.37. The van der Waals surface area contributed by atoms with Crippen LogP contribution in [0.3, 0.4) is 0 Å². The molecule has 0 aliphatic carbocycles. The van der Waals surface area contributed by atoms with Crippen LogP contribution in [0.4, 0.5) is 5.69 Å². The number of amides is 1. The van der Waals surface area contributed by atoms with Gasteiger partial charge < -0.3 is 15.0 Å². The predicted octanol–water partition coefficient (Wildman–Crippen LogP) is 1.99. The molecule has 2 atom stereocenters. The summed E-state index contributed by atoms with van der Waals surface area (Å²) in [4.78, 5) is 15.1. The van der Waals surface area contributed by atoms with Gasteiger partial charge in [0.25, 0.3) is 5.91 Å². The molecule has 1 aromatic rings. The molecule has 2 bridgehead atoms. The zero-order valence-electron chi connectivity index (χ0n) is 17.2. The first-order valence-corrected chi connectivity index (χ1v) is 12.4. The highest BCUT2D eigenvalue weighted by molar-refractivity contribution is 7.88. The number of carbonyl (C=O) groups excluding carboxylic acids is 1. The number of nitrogens with one attached hydrogen (secondary N) is 1. The second-order valence-corrected chi connectivity index (χ2v) is 10.5. The summed E-state index contributed by atoms with van der Waals surface area (Å²) < 4.78 is 31.1. The van der Waals surface area contributed by atoms with Gasteiger partial charge in [0.05, 0.1) is 12.4 Å². The van der Waals surface area contributed by atoms with Gasteiger partial charge in [0, 0.05) is 49.6 Å². The molecule has 29 heavy (non-hydrogen) atoms. The zero-order valence-corrected chi connectivity index (χ0v) is 18.0. The number of sulfonamides is 1. The van der Waals surface area contributed by atoms with Crippen molar-refractivity contribution in [2.45, 2.75) is 62.8 Å². The van der Waals surface area contributed by atoms with E-state index in [-0.39, 0.29) is 24.0 Å². The van der Waals surface area contributed by atoms with Crippen LogP contribution < -0.4 is 10.2 Å². The Kier molecular flexibility index (Phi) is 5.86. The van der Waals surface area contributed by atoms with Crippen molar-refractivity contribution < 1.29 is 17.9 Å². The molecular weight excluding hydrogens is 390 g/mol. The first-order valence-electron chi connectivity index (χ1n) is 10.5. The standard InChI is InChI=1S/C21H31N3O4S/c1-28-20-9-11-23(12-10-20)17-5-3-15(4-6-17)21(25)22-16-13-18-7-8-19(14-16)24(18)29(2,26)27/h3-6,16,18-20H,7-14H2,1-2H3,(H,22,25). The Bertz CT molecular complexity index is 820. The second kappa shape index (κ2) is 8.24. The second-order valence-electron chi connectivity index (χ2n) is 8.59. The summed E-state index contributed by atoms with van der Waals surface area (Å²) in [5.74, 6) is -0.0770. The minimum atomic E-state index is -3.18. The molecule has 1 aromatic carbocycles. The van der Waals surface area contributed by atoms with Crippen LogP contribution >= 0.6 is 0 Å². The van der Waals surface area contributed by atoms with E-state index < -0.39 is 10.0 Å². The highest BCUT2D eigenvalue weighted by atomic mass is 32.2. The Morgan fingerprint density at radius 3 is 2.14 bits per heavy atom. The van der Waals surface area contributed by atoms with Gasteiger partial charge in [-0.25, -0.2) is 8.42 Å². The fourth-order valence-corrected chi connectivity index (χ4v) is 6.70. The van der Waals surface area contributed by atoms with Crippen LogP contribution in [0.15, 0.2) is 24.3 Å². The first kappa shape index (κ1) is 20.6. The summed E-state index contributed by atoms with van der Waals surface area (Å²) in [6.07, 6.45) is 6.85. The van der Waals surface area contributed by atoms with E-state index in [1.165, 1.54) is 6.26 Å². The maximum atomic E-state index is 12.7. The molecule has 2 unspecified atom stereocenters. The van der Waals surface area contributed by atoms with E-state index in [1.54, 1.807) is 11.4 Å². The van der Waals surface area contributed by atoms with E-state index in [0.29, 0.717) is 24.5 Å². The molecule has 8 heteroatoms. The minimum absolute atomic E-state index is 0.0199. The van der Waals surface area contributed by atoms with Crippen LogP contribution in [0.25, 0.3) is 0 Å². The molecule has 0 spiro atoms. The summed E-state index contributed by atoms with van der Waals surface area (Å²) in [5.41, 5.74) is 1.79. The van der Waals surface area contributed by atoms with Crippen molar-refractivity contribution in [3.63, 3.8) is 0 Å². The van der Waals surface area contributed by atoms with Gasteiger partial charge in [-0.3, -0.25) is 4.79 Å². The Morgan fingerprint density at radius 2 is 1.62 bits per heavy atom. The number of piperidine rings is 2. The summed E-state index contributed by atoms with van der Waals surface area (Å²) >= 11 is 0. The fraction of sp³-hybridized carbons (Fsp3) is 0.667. The molecule has 3 fully saturated rings. The number of anilines is 1. The number of hydrogen-bond donors (Lipinski definition) is 1. The van der Waals surface area contributed by atoms with Crippen molar-refractivity contribution in [1.82, 2.24) is 9.62 Å². The van der Waals surface area contributed by atoms with Gasteiger partial charge in [0.1, 0.15) is 0 Å². The summed E-state index contributed by atoms with van der Waals surface area (Å²) in [6, 6.07) is 7.86. The monoisotopic (exact) mass is 421 g/mol. The molecule has 3 aliphatic heterocycles. The first-order chi connectivity index (χ1) is 13.8. The lowest BCUT2D eigenvalue weighted by molar-refractivity contribution is 0.0819. The quantitative estimate of drug-likeness (QED) is 0.787. The van der Waals surface area contributed by atoms with E-state index in [4.69, 9.17) is 4.74 Å². The normalized spacial score (nSPS) is 28.5. The SMILES string of the molecule is COC1CCN(c2ccc(C(=O)NC3CC4CCC(C3)N4S(C)(=O)=O)cc2)CC1. The average molecular weight is 422 g/mol. The Hall–Kier alpha value is -1.64. The summed E-state index contributed by atoms with van der Waals surface area (Å²) in [5, 5.41) is 3.13. The molecular formula is C21H31N3O4S. The van der Waals surface area contributed by atoms with Crippen molar-refractivity contribution in [2.75, 3.05) is 31.4 Å². The van der Waals surface area contributed by atoms with E-state index >= 15 is 0 Å². The van der Waals surface area contributed by atoms with Gasteiger partial charge in [0.15, 0.2) is 0 Å². The number of fused-ring (bicyclic) bond motifs is 2. The van der Waals surface area contributed by atoms with Crippen LogP contribution in [0, 0.1) is 0 Å². The smallest absolute Gasteiger partial charge is 0.251 e. The van der Waals surface area contributed by atoms with E-state index in [1.807, 2.05) is 24.3 Å². The van der Waals surface area contributed by atoms with Gasteiger partial charge >= 0.3 is 0 Å². The van der Waals surface area contributed by atoms with Crippen LogP contribution in [-0.2, 0) is 14.8 Å². The largest absolute Gasteiger partial charge is 0.381 e. The Morgan fingerprint density at radius 1 is 1.03 bits per heavy atom. The molecule has 0 radical (unpaired) electrons. The van der Waals surface area contributed by atoms with Crippen molar-refractivity contribution >= 4 is 21.6 Å². The Balaban J connectivity index is 1.34. The highest BCUT2D eigenvalue weighted by Crippen LogP contribution is 2.37. The molecule has 0 aromatic heterocycles. The molecule has 3 aliphatic rings. The van der Waals surface area contributed by atoms with E-state index in [9.17, 15) is 13.2 Å². The third-order valence-corrected chi connectivity index (χ3v) is 8.02. The molecule has 3 saturated heterocycles. The van der Waals surface area contributed by atoms with Gasteiger partial charge in [-0.05, 0) is 62.8 Å². The van der Waals surface area contributed by atoms with E-state index in [2.05, 4.69) is 10.2 Å². The van der Waals surface area contributed by atoms with Crippen LogP contribution in [-0.4, -0.2) is 69.3 Å². The number of methoxy groups -OCH3 is 1. The summed E-state index contributed by atoms with van der Waals surface area (Å²) in [7, 11) is -1.41. The molecule has 1 N–H and O–H groups in total. The van der Waals surface area contributed by atoms with Gasteiger partial charge in [-0.1, -0.05) is 0 Å². The number of nitrogens with zero attached hydrogens (tertiary/aromatic N) is 2. The summed E-state index contributed by atoms with van der Waals surface area (Å²) in [6.45, 7) is 1.93. The highest BCUT2D eigenvalue weighted by Gasteiger charge is 2.45. The number of hydrogen-bond acceptors (Lipinski definition) is 5. The van der Waals surface area contributed by atoms with Crippen molar-refractivity contribution in [2.24, 2.45) is 0 Å². The molecule has 1 amide bonds. The zero-order chi connectivity index (χ0) is 20.6. The maximum absolute atomic E-state index is 12.7. The third-order valence-electron chi connectivity index (χ3n) is 6.65. The van der Waals surface area contributed by atoms with Gasteiger partial charge in [-0.15, -0.1) is 0 Å². The van der Waals surface area contributed by atoms with Gasteiger partial charge in [-0.2, -0.15) is 4.31 Å². The Labute approximate surface area is 173 Å². The number of ether oxygens (including phenoxy) is 1. The van der Waals surface area contributed by atoms with Crippen molar-refractivity contribution in [1.29, 1.82) is 0 Å². The number of carbonyl (C=O) groups is 1. The molecule has 160 valence electrons. The average Bonchev–Trinajstić information content (AvgIpc) is 3.00. The van der Waals surface area contributed by atoms with Crippen molar-refractivity contribution in [3.8, 4) is 0 Å². The predicted molar refractivity (Wildman–Crippen MR) is 113 cm³/mol. The number of rotatable bonds is 5. The number of benzene rings is 1. The minimum Gasteiger partial charge on any atom is -0.381 e. The van der Waals surface area contributed by atoms with Crippen LogP contribution in [0.2, 0.25) is 0 Å². The fourth-order valence-electron chi connectivity index (χ4n) is 5.24. The van der Waals surface area contributed by atoms with Crippen LogP contribution in [0.1, 0.15) is 48.9 Å². The van der Waals surface area contributed by atoms with Gasteiger partial charge in [0.2, 0.25) is 10.0 Å². The van der Waals surface area contributed by atoms with Crippen molar-refractivity contribution in [3.05, 3.63) is 29.8 Å². The molecule has 4 rings (SSSR count). The van der Waals surface area contributed by atoms with Crippen LogP contribution in [0.5, 0.6) is 0 Å². The lowest BCUT2D eigenvalue weighted by atomic mass is 9.99. The van der Waals surface area contributed by atoms with E-state index in [0.717, 1.165) is 44.5 Å². The molecule has 0 saturated carbocycles. The maximum Gasteiger partial charge on any atom is 0.251 e. The topological polar surface area (TPSA) is 79.0 Å². The third kappa shape index (κ3) is 4.44. The molecule has 7 nitrogen and oxygen atoms in total.